The van der Waals surface area contributed by atoms with Crippen molar-refractivity contribution < 1.29 is 9.90 Å². The summed E-state index contributed by atoms with van der Waals surface area (Å²) in [6.07, 6.45) is 20.6. The number of amides is 1. The quantitative estimate of drug-likeness (QED) is 0.346. The van der Waals surface area contributed by atoms with Crippen LogP contribution in [-0.2, 0) is 4.79 Å². The summed E-state index contributed by atoms with van der Waals surface area (Å²) >= 11 is 0. The van der Waals surface area contributed by atoms with Gasteiger partial charge in [0, 0.05) is 6.42 Å². The maximum absolute atomic E-state index is 11.7. The van der Waals surface area contributed by atoms with Gasteiger partial charge in [-0.05, 0) is 43.9 Å². The number of aliphatic hydroxyl groups excluding tert-OH is 1. The van der Waals surface area contributed by atoms with Crippen molar-refractivity contribution >= 4 is 5.91 Å². The van der Waals surface area contributed by atoms with E-state index in [1.165, 1.54) is 70.6 Å². The molecule has 0 aliphatic carbocycles. The Morgan fingerprint density at radius 1 is 1.04 bits per heavy atom. The zero-order chi connectivity index (χ0) is 18.3. The molecule has 25 heavy (non-hydrogen) atoms. The predicted molar refractivity (Wildman–Crippen MR) is 107 cm³/mol. The molecule has 1 aliphatic heterocycles. The minimum Gasteiger partial charge on any atom is -0.394 e. The van der Waals surface area contributed by atoms with Crippen LogP contribution in [0.2, 0.25) is 0 Å². The van der Waals surface area contributed by atoms with Gasteiger partial charge in [0.15, 0.2) is 0 Å². The Bertz CT molecular complexity index is 367. The Morgan fingerprint density at radius 2 is 1.68 bits per heavy atom. The third-order valence-corrected chi connectivity index (χ3v) is 5.75. The lowest BCUT2D eigenvalue weighted by molar-refractivity contribution is -0.121. The summed E-state index contributed by atoms with van der Waals surface area (Å²) in [6.45, 7) is 4.50. The lowest BCUT2D eigenvalue weighted by atomic mass is 9.82. The molecule has 3 heteroatoms. The van der Waals surface area contributed by atoms with Crippen LogP contribution in [0.5, 0.6) is 0 Å². The third kappa shape index (κ3) is 10.0. The normalized spacial score (nSPS) is 24.4. The smallest absolute Gasteiger partial charge is 0.220 e. The van der Waals surface area contributed by atoms with E-state index in [1.807, 2.05) is 0 Å². The van der Waals surface area contributed by atoms with Crippen molar-refractivity contribution in [3.63, 3.8) is 0 Å². The van der Waals surface area contributed by atoms with E-state index >= 15 is 0 Å². The number of allylic oxidation sites excluding steroid dienone is 2. The summed E-state index contributed by atoms with van der Waals surface area (Å²) in [4.78, 5) is 11.7. The highest BCUT2D eigenvalue weighted by Crippen LogP contribution is 2.29. The number of aliphatic hydroxyl groups is 1. The van der Waals surface area contributed by atoms with Gasteiger partial charge in [-0.15, -0.1) is 0 Å². The van der Waals surface area contributed by atoms with Crippen LogP contribution in [0.4, 0.5) is 0 Å². The first kappa shape index (κ1) is 22.2. The topological polar surface area (TPSA) is 49.3 Å². The van der Waals surface area contributed by atoms with Crippen molar-refractivity contribution in [1.82, 2.24) is 5.32 Å². The predicted octanol–water partition coefficient (Wildman–Crippen LogP) is 5.38. The molecule has 3 nitrogen and oxygen atoms in total. The van der Waals surface area contributed by atoms with Gasteiger partial charge in [0.25, 0.3) is 0 Å². The van der Waals surface area contributed by atoms with Crippen molar-refractivity contribution in [3.05, 3.63) is 12.2 Å². The van der Waals surface area contributed by atoms with Gasteiger partial charge >= 0.3 is 0 Å². The van der Waals surface area contributed by atoms with Gasteiger partial charge in [-0.2, -0.15) is 0 Å². The Morgan fingerprint density at radius 3 is 2.36 bits per heavy atom. The molecule has 1 amide bonds. The second kappa shape index (κ2) is 14.4. The molecule has 146 valence electrons. The number of hydrogen-bond acceptors (Lipinski definition) is 2. The zero-order valence-corrected chi connectivity index (χ0v) is 16.6. The molecule has 1 rings (SSSR count). The second-order valence-electron chi connectivity index (χ2n) is 7.83. The van der Waals surface area contributed by atoms with Crippen LogP contribution in [0.15, 0.2) is 12.2 Å². The van der Waals surface area contributed by atoms with Crippen LogP contribution < -0.4 is 5.32 Å². The van der Waals surface area contributed by atoms with E-state index in [0.29, 0.717) is 18.3 Å². The first-order chi connectivity index (χ1) is 12.2. The maximum atomic E-state index is 11.7. The molecule has 1 aliphatic rings. The molecule has 2 N–H and O–H groups in total. The Balaban J connectivity index is 2.06. The molecule has 1 fully saturated rings. The average Bonchev–Trinajstić information content (AvgIpc) is 2.75. The SMILES string of the molecule is CCCCCCCC/C=C\CCCCC1CCC(=O)N[C@H](CO)C1C. The minimum atomic E-state index is -0.0581. The molecule has 0 aromatic rings. The summed E-state index contributed by atoms with van der Waals surface area (Å²) < 4.78 is 0. The number of carbonyl (C=O) groups excluding carboxylic acids is 1. The highest BCUT2D eigenvalue weighted by molar-refractivity contribution is 5.76. The highest BCUT2D eigenvalue weighted by atomic mass is 16.3. The van der Waals surface area contributed by atoms with Crippen LogP contribution in [0.25, 0.3) is 0 Å². The standard InChI is InChI=1S/C22H41NO2/c1-3-4-5-6-7-8-9-10-11-12-13-14-15-20-16-17-22(25)23-21(18-24)19(20)2/h10-11,19-21,24H,3-9,12-18H2,1-2H3,(H,23,25)/b11-10-/t19?,20?,21-/m1/s1. The molecule has 0 spiro atoms. The van der Waals surface area contributed by atoms with E-state index in [1.54, 1.807) is 0 Å². The Labute approximate surface area is 155 Å². The molecular weight excluding hydrogens is 310 g/mol. The largest absolute Gasteiger partial charge is 0.394 e. The monoisotopic (exact) mass is 351 g/mol. The molecule has 0 saturated carbocycles. The summed E-state index contributed by atoms with van der Waals surface area (Å²) in [5.74, 6) is 1.04. The summed E-state index contributed by atoms with van der Waals surface area (Å²) in [5.41, 5.74) is 0. The van der Waals surface area contributed by atoms with E-state index in [0.717, 1.165) is 6.42 Å². The van der Waals surface area contributed by atoms with Gasteiger partial charge in [-0.25, -0.2) is 0 Å². The van der Waals surface area contributed by atoms with E-state index in [2.05, 4.69) is 31.3 Å². The van der Waals surface area contributed by atoms with Crippen LogP contribution in [-0.4, -0.2) is 23.7 Å². The molecule has 3 atom stereocenters. The number of carbonyl (C=O) groups is 1. The molecule has 1 heterocycles. The summed E-state index contributed by atoms with van der Waals surface area (Å²) in [7, 11) is 0. The van der Waals surface area contributed by atoms with E-state index in [-0.39, 0.29) is 18.6 Å². The molecule has 0 aromatic heterocycles. The van der Waals surface area contributed by atoms with Gasteiger partial charge < -0.3 is 10.4 Å². The van der Waals surface area contributed by atoms with Crippen LogP contribution >= 0.6 is 0 Å². The van der Waals surface area contributed by atoms with Crippen molar-refractivity contribution in [3.8, 4) is 0 Å². The van der Waals surface area contributed by atoms with Crippen molar-refractivity contribution in [2.45, 2.75) is 103 Å². The number of nitrogens with one attached hydrogen (secondary N) is 1. The molecule has 0 radical (unpaired) electrons. The lowest BCUT2D eigenvalue weighted by Crippen LogP contribution is -2.41. The molecular formula is C22H41NO2. The highest BCUT2D eigenvalue weighted by Gasteiger charge is 2.29. The lowest BCUT2D eigenvalue weighted by Gasteiger charge is -2.27. The zero-order valence-electron chi connectivity index (χ0n) is 16.6. The third-order valence-electron chi connectivity index (χ3n) is 5.75. The molecule has 2 unspecified atom stereocenters. The number of hydrogen-bond donors (Lipinski definition) is 2. The van der Waals surface area contributed by atoms with Crippen molar-refractivity contribution in [1.29, 1.82) is 0 Å². The summed E-state index contributed by atoms with van der Waals surface area (Å²) in [6, 6.07) is -0.0581. The van der Waals surface area contributed by atoms with Gasteiger partial charge in [0.1, 0.15) is 0 Å². The fraction of sp³-hybridized carbons (Fsp3) is 0.864. The van der Waals surface area contributed by atoms with Gasteiger partial charge in [-0.1, -0.05) is 70.9 Å². The van der Waals surface area contributed by atoms with E-state index < -0.39 is 0 Å². The minimum absolute atomic E-state index is 0.0581. The number of unbranched alkanes of at least 4 members (excludes halogenated alkanes) is 8. The van der Waals surface area contributed by atoms with Gasteiger partial charge in [0.2, 0.25) is 5.91 Å². The Kier molecular flexibility index (Phi) is 12.8. The van der Waals surface area contributed by atoms with Crippen molar-refractivity contribution in [2.24, 2.45) is 11.8 Å². The first-order valence-electron chi connectivity index (χ1n) is 10.7. The molecule has 0 aromatic carbocycles. The van der Waals surface area contributed by atoms with Gasteiger partial charge in [0.05, 0.1) is 12.6 Å². The maximum Gasteiger partial charge on any atom is 0.220 e. The Hall–Kier alpha value is -0.830. The fourth-order valence-corrected chi connectivity index (χ4v) is 3.88. The number of rotatable bonds is 13. The van der Waals surface area contributed by atoms with Crippen LogP contribution in [0, 0.1) is 11.8 Å². The second-order valence-corrected chi connectivity index (χ2v) is 7.83. The summed E-state index contributed by atoms with van der Waals surface area (Å²) in [5, 5.41) is 12.4. The van der Waals surface area contributed by atoms with E-state index in [4.69, 9.17) is 0 Å². The van der Waals surface area contributed by atoms with Crippen LogP contribution in [0.1, 0.15) is 97.3 Å². The van der Waals surface area contributed by atoms with Crippen LogP contribution in [0.3, 0.4) is 0 Å². The fourth-order valence-electron chi connectivity index (χ4n) is 3.88. The van der Waals surface area contributed by atoms with E-state index in [9.17, 15) is 9.90 Å². The molecule has 0 bridgehead atoms. The molecule has 1 saturated heterocycles. The van der Waals surface area contributed by atoms with Gasteiger partial charge in [-0.3, -0.25) is 4.79 Å². The average molecular weight is 352 g/mol. The first-order valence-corrected chi connectivity index (χ1v) is 10.7. The van der Waals surface area contributed by atoms with Crippen molar-refractivity contribution in [2.75, 3.05) is 6.61 Å².